The lowest BCUT2D eigenvalue weighted by molar-refractivity contribution is 0.0593. The van der Waals surface area contributed by atoms with Gasteiger partial charge >= 0.3 is 5.97 Å². The third-order valence-corrected chi connectivity index (χ3v) is 2.97. The van der Waals surface area contributed by atoms with Gasteiger partial charge in [0.05, 0.1) is 26.1 Å². The first-order chi connectivity index (χ1) is 8.19. The summed E-state index contributed by atoms with van der Waals surface area (Å²) in [6.07, 6.45) is 4.93. The highest BCUT2D eigenvalue weighted by Gasteiger charge is 2.41. The highest BCUT2D eigenvalue weighted by Crippen LogP contribution is 2.44. The zero-order chi connectivity index (χ0) is 12.3. The molecule has 6 nitrogen and oxygen atoms in total. The molecule has 0 atom stereocenters. The Balaban J connectivity index is 1.99. The standard InChI is InChI=1S/C11H15N3O3/c1-17-10(16)8-4-12-5-9(14-8)13-6-11(7-15)2-3-11/h4-5,15H,2-3,6-7H2,1H3,(H,13,14). The third kappa shape index (κ3) is 2.71. The first kappa shape index (κ1) is 11.8. The van der Waals surface area contributed by atoms with Gasteiger partial charge in [0.15, 0.2) is 5.69 Å². The number of hydrogen-bond donors (Lipinski definition) is 2. The Bertz CT molecular complexity index is 418. The largest absolute Gasteiger partial charge is 0.464 e. The van der Waals surface area contributed by atoms with Crippen LogP contribution in [0.1, 0.15) is 23.3 Å². The van der Waals surface area contributed by atoms with Gasteiger partial charge in [-0.15, -0.1) is 0 Å². The van der Waals surface area contributed by atoms with Gasteiger partial charge in [0, 0.05) is 12.0 Å². The number of nitrogens with zero attached hydrogens (tertiary/aromatic N) is 2. The van der Waals surface area contributed by atoms with E-state index in [4.69, 9.17) is 5.11 Å². The molecule has 0 unspecified atom stereocenters. The van der Waals surface area contributed by atoms with E-state index in [9.17, 15) is 4.79 Å². The van der Waals surface area contributed by atoms with E-state index in [2.05, 4.69) is 20.0 Å². The maximum absolute atomic E-state index is 11.2. The van der Waals surface area contributed by atoms with Crippen LogP contribution in [0.5, 0.6) is 0 Å². The smallest absolute Gasteiger partial charge is 0.358 e. The number of ether oxygens (including phenoxy) is 1. The van der Waals surface area contributed by atoms with Crippen LogP contribution >= 0.6 is 0 Å². The molecule has 0 spiro atoms. The van der Waals surface area contributed by atoms with Gasteiger partial charge in [-0.1, -0.05) is 0 Å². The van der Waals surface area contributed by atoms with Crippen LogP contribution in [0.25, 0.3) is 0 Å². The Morgan fingerprint density at radius 2 is 2.35 bits per heavy atom. The second kappa shape index (κ2) is 4.67. The van der Waals surface area contributed by atoms with Gasteiger partial charge in [-0.2, -0.15) is 0 Å². The molecule has 1 saturated carbocycles. The average Bonchev–Trinajstić information content (AvgIpc) is 3.16. The van der Waals surface area contributed by atoms with Crippen LogP contribution in [-0.2, 0) is 4.74 Å². The molecule has 0 aliphatic heterocycles. The zero-order valence-electron chi connectivity index (χ0n) is 9.64. The van der Waals surface area contributed by atoms with Gasteiger partial charge in [0.2, 0.25) is 0 Å². The van der Waals surface area contributed by atoms with Crippen molar-refractivity contribution in [1.29, 1.82) is 0 Å². The molecule has 2 N–H and O–H groups in total. The number of aliphatic hydroxyl groups is 1. The summed E-state index contributed by atoms with van der Waals surface area (Å²) < 4.78 is 4.56. The first-order valence-electron chi connectivity index (χ1n) is 5.44. The van der Waals surface area contributed by atoms with E-state index in [1.807, 2.05) is 0 Å². The monoisotopic (exact) mass is 237 g/mol. The molecule has 6 heteroatoms. The predicted octanol–water partition coefficient (Wildman–Crippen LogP) is 0.448. The second-order valence-electron chi connectivity index (χ2n) is 4.29. The number of nitrogens with one attached hydrogen (secondary N) is 1. The van der Waals surface area contributed by atoms with Crippen molar-refractivity contribution >= 4 is 11.8 Å². The van der Waals surface area contributed by atoms with E-state index in [-0.39, 0.29) is 17.7 Å². The van der Waals surface area contributed by atoms with Crippen molar-refractivity contribution in [2.75, 3.05) is 25.6 Å². The van der Waals surface area contributed by atoms with Crippen molar-refractivity contribution in [3.05, 3.63) is 18.1 Å². The number of methoxy groups -OCH3 is 1. The van der Waals surface area contributed by atoms with Crippen molar-refractivity contribution < 1.29 is 14.6 Å². The fraction of sp³-hybridized carbons (Fsp3) is 0.545. The fourth-order valence-electron chi connectivity index (χ4n) is 1.50. The van der Waals surface area contributed by atoms with Crippen molar-refractivity contribution in [2.45, 2.75) is 12.8 Å². The molecule has 1 aromatic heterocycles. The van der Waals surface area contributed by atoms with Crippen LogP contribution in [-0.4, -0.2) is 41.3 Å². The summed E-state index contributed by atoms with van der Waals surface area (Å²) in [7, 11) is 1.30. The van der Waals surface area contributed by atoms with Gasteiger partial charge in [-0.05, 0) is 12.8 Å². The minimum Gasteiger partial charge on any atom is -0.464 e. The zero-order valence-corrected chi connectivity index (χ0v) is 9.64. The van der Waals surface area contributed by atoms with Crippen LogP contribution in [0.3, 0.4) is 0 Å². The number of carbonyl (C=O) groups excluding carboxylic acids is 1. The minimum atomic E-state index is -0.510. The highest BCUT2D eigenvalue weighted by molar-refractivity contribution is 5.87. The van der Waals surface area contributed by atoms with Crippen LogP contribution in [0.4, 0.5) is 5.82 Å². The Kier molecular flexibility index (Phi) is 3.23. The maximum Gasteiger partial charge on any atom is 0.358 e. The molecular weight excluding hydrogens is 222 g/mol. The van der Waals surface area contributed by atoms with Gasteiger partial charge < -0.3 is 15.2 Å². The van der Waals surface area contributed by atoms with Crippen LogP contribution in [0.2, 0.25) is 0 Å². The van der Waals surface area contributed by atoms with Crippen LogP contribution in [0, 0.1) is 5.41 Å². The summed E-state index contributed by atoms with van der Waals surface area (Å²) in [6, 6.07) is 0. The number of carbonyl (C=O) groups is 1. The molecule has 17 heavy (non-hydrogen) atoms. The van der Waals surface area contributed by atoms with Crippen molar-refractivity contribution in [1.82, 2.24) is 9.97 Å². The topological polar surface area (TPSA) is 84.3 Å². The van der Waals surface area contributed by atoms with E-state index >= 15 is 0 Å². The summed E-state index contributed by atoms with van der Waals surface area (Å²) in [4.78, 5) is 19.2. The predicted molar refractivity (Wildman–Crippen MR) is 60.6 cm³/mol. The van der Waals surface area contributed by atoms with E-state index in [1.165, 1.54) is 13.3 Å². The molecule has 0 bridgehead atoms. The number of anilines is 1. The third-order valence-electron chi connectivity index (χ3n) is 2.97. The average molecular weight is 237 g/mol. The van der Waals surface area contributed by atoms with Crippen molar-refractivity contribution in [2.24, 2.45) is 5.41 Å². The molecule has 1 aromatic rings. The normalized spacial score (nSPS) is 16.4. The number of rotatable bonds is 5. The second-order valence-corrected chi connectivity index (χ2v) is 4.29. The molecule has 0 aromatic carbocycles. The first-order valence-corrected chi connectivity index (χ1v) is 5.44. The Morgan fingerprint density at radius 3 is 2.94 bits per heavy atom. The van der Waals surface area contributed by atoms with E-state index in [0.717, 1.165) is 12.8 Å². The lowest BCUT2D eigenvalue weighted by atomic mass is 10.1. The summed E-state index contributed by atoms with van der Waals surface area (Å²) in [6.45, 7) is 0.812. The molecular formula is C11H15N3O3. The Hall–Kier alpha value is -1.69. The maximum atomic E-state index is 11.2. The fourth-order valence-corrected chi connectivity index (χ4v) is 1.50. The van der Waals surface area contributed by atoms with Crippen molar-refractivity contribution in [3.8, 4) is 0 Å². The summed E-state index contributed by atoms with van der Waals surface area (Å²) in [5.41, 5.74) is 0.162. The number of hydrogen-bond acceptors (Lipinski definition) is 6. The highest BCUT2D eigenvalue weighted by atomic mass is 16.5. The number of aromatic nitrogens is 2. The Labute approximate surface area is 99.0 Å². The van der Waals surface area contributed by atoms with Crippen LogP contribution in [0.15, 0.2) is 12.4 Å². The molecule has 0 radical (unpaired) electrons. The summed E-state index contributed by atoms with van der Waals surface area (Å²) >= 11 is 0. The van der Waals surface area contributed by atoms with Gasteiger partial charge in [0.1, 0.15) is 5.82 Å². The van der Waals surface area contributed by atoms with Crippen LogP contribution < -0.4 is 5.32 Å². The lowest BCUT2D eigenvalue weighted by Crippen LogP contribution is -2.20. The molecule has 1 fully saturated rings. The number of aliphatic hydroxyl groups excluding tert-OH is 1. The number of esters is 1. The van der Waals surface area contributed by atoms with Gasteiger partial charge in [-0.25, -0.2) is 9.78 Å². The van der Waals surface area contributed by atoms with E-state index in [1.54, 1.807) is 6.20 Å². The van der Waals surface area contributed by atoms with Gasteiger partial charge in [0.25, 0.3) is 0 Å². The molecule has 2 rings (SSSR count). The molecule has 0 saturated heterocycles. The van der Waals surface area contributed by atoms with Crippen molar-refractivity contribution in [3.63, 3.8) is 0 Å². The quantitative estimate of drug-likeness (QED) is 0.723. The summed E-state index contributed by atoms with van der Waals surface area (Å²) in [5, 5.41) is 12.2. The molecule has 1 aliphatic rings. The van der Waals surface area contributed by atoms with Gasteiger partial charge in [-0.3, -0.25) is 4.98 Å². The Morgan fingerprint density at radius 1 is 1.59 bits per heavy atom. The summed E-state index contributed by atoms with van der Waals surface area (Å²) in [5.74, 6) is 0.0112. The molecule has 1 aliphatic carbocycles. The minimum absolute atomic E-state index is 0.0110. The molecule has 1 heterocycles. The molecule has 0 amide bonds. The lowest BCUT2D eigenvalue weighted by Gasteiger charge is -2.13. The van der Waals surface area contributed by atoms with E-state index < -0.39 is 5.97 Å². The SMILES string of the molecule is COC(=O)c1cncc(NCC2(CO)CC2)n1. The van der Waals surface area contributed by atoms with E-state index in [0.29, 0.717) is 12.4 Å². The molecule has 92 valence electrons.